The van der Waals surface area contributed by atoms with Gasteiger partial charge in [0.05, 0.1) is 13.2 Å². The first-order valence-electron chi connectivity index (χ1n) is 7.11. The molecule has 0 saturated carbocycles. The molecule has 0 unspecified atom stereocenters. The molecule has 1 aliphatic rings. The average molecular weight is 278 g/mol. The highest BCUT2D eigenvalue weighted by Gasteiger charge is 2.23. The Morgan fingerprint density at radius 2 is 2.10 bits per heavy atom. The minimum absolute atomic E-state index is 0.0326. The summed E-state index contributed by atoms with van der Waals surface area (Å²) < 4.78 is 5.00. The molecular formula is C15H22N2O3. The van der Waals surface area contributed by atoms with Gasteiger partial charge in [-0.1, -0.05) is 18.2 Å². The lowest BCUT2D eigenvalue weighted by Crippen LogP contribution is -2.42. The molecule has 1 aromatic carbocycles. The molecule has 20 heavy (non-hydrogen) atoms. The van der Waals surface area contributed by atoms with E-state index in [9.17, 15) is 9.90 Å². The van der Waals surface area contributed by atoms with Gasteiger partial charge in [-0.3, -0.25) is 0 Å². The van der Waals surface area contributed by atoms with Crippen LogP contribution in [0.5, 0.6) is 0 Å². The summed E-state index contributed by atoms with van der Waals surface area (Å²) in [6, 6.07) is 8.09. The van der Waals surface area contributed by atoms with E-state index in [1.165, 1.54) is 0 Å². The second-order valence-electron chi connectivity index (χ2n) is 4.92. The largest absolute Gasteiger partial charge is 0.450 e. The quantitative estimate of drug-likeness (QED) is 0.886. The zero-order chi connectivity index (χ0) is 14.4. The molecule has 1 amide bonds. The van der Waals surface area contributed by atoms with Crippen LogP contribution in [0.4, 0.5) is 10.5 Å². The van der Waals surface area contributed by atoms with E-state index >= 15 is 0 Å². The number of amides is 1. The van der Waals surface area contributed by atoms with Crippen LogP contribution in [0.1, 0.15) is 25.3 Å². The maximum Gasteiger partial charge on any atom is 0.409 e. The molecule has 1 fully saturated rings. The highest BCUT2D eigenvalue weighted by atomic mass is 16.6. The fraction of sp³-hybridized carbons (Fsp3) is 0.533. The fourth-order valence-electron chi connectivity index (χ4n) is 2.44. The Hall–Kier alpha value is -1.75. The van der Waals surface area contributed by atoms with Crippen molar-refractivity contribution >= 4 is 11.8 Å². The van der Waals surface area contributed by atoms with Crippen molar-refractivity contribution in [1.29, 1.82) is 0 Å². The van der Waals surface area contributed by atoms with Crippen LogP contribution in [0, 0.1) is 0 Å². The third-order valence-electron chi connectivity index (χ3n) is 3.57. The van der Waals surface area contributed by atoms with Crippen LogP contribution in [-0.2, 0) is 11.3 Å². The number of carbonyl (C=O) groups excluding carboxylic acids is 1. The molecule has 0 aromatic heterocycles. The average Bonchev–Trinajstić information content (AvgIpc) is 2.49. The van der Waals surface area contributed by atoms with E-state index in [4.69, 9.17) is 4.74 Å². The Morgan fingerprint density at radius 3 is 2.75 bits per heavy atom. The van der Waals surface area contributed by atoms with Gasteiger partial charge in [-0.05, 0) is 25.8 Å². The van der Waals surface area contributed by atoms with Crippen molar-refractivity contribution in [3.63, 3.8) is 0 Å². The van der Waals surface area contributed by atoms with Crippen molar-refractivity contribution in [3.8, 4) is 0 Å². The summed E-state index contributed by atoms with van der Waals surface area (Å²) in [7, 11) is 0. The standard InChI is InChI=1S/C15H22N2O3/c1-2-20-15(19)17-9-7-13(8-10-17)16-14-6-4-3-5-12(14)11-18/h3-6,13,16,18H,2,7-11H2,1H3. The Kier molecular flexibility index (Phi) is 5.24. The number of carbonyl (C=O) groups is 1. The topological polar surface area (TPSA) is 61.8 Å². The number of nitrogens with one attached hydrogen (secondary N) is 1. The van der Waals surface area contributed by atoms with Gasteiger partial charge in [0.1, 0.15) is 0 Å². The second-order valence-corrected chi connectivity index (χ2v) is 4.92. The first kappa shape index (κ1) is 14.7. The van der Waals surface area contributed by atoms with Crippen LogP contribution in [0.3, 0.4) is 0 Å². The van der Waals surface area contributed by atoms with Crippen LogP contribution in [-0.4, -0.2) is 41.8 Å². The predicted molar refractivity (Wildman–Crippen MR) is 77.6 cm³/mol. The van der Waals surface area contributed by atoms with Crippen molar-refractivity contribution in [2.45, 2.75) is 32.4 Å². The van der Waals surface area contributed by atoms with E-state index in [0.717, 1.165) is 24.1 Å². The molecule has 2 rings (SSSR count). The molecular weight excluding hydrogens is 256 g/mol. The lowest BCUT2D eigenvalue weighted by Gasteiger charge is -2.32. The van der Waals surface area contributed by atoms with Crippen LogP contribution in [0.25, 0.3) is 0 Å². The predicted octanol–water partition coefficient (Wildman–Crippen LogP) is 2.21. The van der Waals surface area contributed by atoms with Gasteiger partial charge in [-0.25, -0.2) is 4.79 Å². The highest BCUT2D eigenvalue weighted by Crippen LogP contribution is 2.20. The number of piperidine rings is 1. The van der Waals surface area contributed by atoms with Gasteiger partial charge in [0.2, 0.25) is 0 Å². The molecule has 110 valence electrons. The molecule has 1 aliphatic heterocycles. The Balaban J connectivity index is 1.87. The second kappa shape index (κ2) is 7.14. The van der Waals surface area contributed by atoms with Crippen molar-refractivity contribution < 1.29 is 14.6 Å². The van der Waals surface area contributed by atoms with E-state index in [0.29, 0.717) is 25.7 Å². The number of hydrogen-bond acceptors (Lipinski definition) is 4. The van der Waals surface area contributed by atoms with E-state index in [1.807, 2.05) is 31.2 Å². The number of rotatable bonds is 4. The maximum absolute atomic E-state index is 11.6. The summed E-state index contributed by atoms with van der Waals surface area (Å²) in [5, 5.41) is 12.8. The minimum Gasteiger partial charge on any atom is -0.450 e. The molecule has 0 atom stereocenters. The van der Waals surface area contributed by atoms with Crippen molar-refractivity contribution in [2.24, 2.45) is 0 Å². The fourth-order valence-corrected chi connectivity index (χ4v) is 2.44. The van der Waals surface area contributed by atoms with Gasteiger partial charge in [-0.15, -0.1) is 0 Å². The summed E-state index contributed by atoms with van der Waals surface area (Å²) >= 11 is 0. The van der Waals surface area contributed by atoms with Crippen LogP contribution >= 0.6 is 0 Å². The van der Waals surface area contributed by atoms with Crippen molar-refractivity contribution in [2.75, 3.05) is 25.0 Å². The SMILES string of the molecule is CCOC(=O)N1CCC(Nc2ccccc2CO)CC1. The summed E-state index contributed by atoms with van der Waals surface area (Å²) in [6.07, 6.45) is 1.55. The van der Waals surface area contributed by atoms with E-state index in [1.54, 1.807) is 4.90 Å². The third-order valence-corrected chi connectivity index (χ3v) is 3.57. The number of nitrogens with zero attached hydrogens (tertiary/aromatic N) is 1. The molecule has 2 N–H and O–H groups in total. The number of aliphatic hydroxyl groups excluding tert-OH is 1. The molecule has 1 aromatic rings. The first-order valence-corrected chi connectivity index (χ1v) is 7.11. The number of aliphatic hydroxyl groups is 1. The van der Waals surface area contributed by atoms with Crippen LogP contribution < -0.4 is 5.32 Å². The maximum atomic E-state index is 11.6. The molecule has 1 heterocycles. The molecule has 0 bridgehead atoms. The number of benzene rings is 1. The van der Waals surface area contributed by atoms with E-state index in [-0.39, 0.29) is 12.7 Å². The molecule has 5 heteroatoms. The van der Waals surface area contributed by atoms with Gasteiger partial charge in [0, 0.05) is 30.4 Å². The smallest absolute Gasteiger partial charge is 0.409 e. The normalized spacial score (nSPS) is 16.0. The van der Waals surface area contributed by atoms with E-state index in [2.05, 4.69) is 5.32 Å². The Bertz CT molecular complexity index is 442. The first-order chi connectivity index (χ1) is 9.74. The van der Waals surface area contributed by atoms with Crippen molar-refractivity contribution in [3.05, 3.63) is 29.8 Å². The summed E-state index contributed by atoms with van der Waals surface area (Å²) in [5.41, 5.74) is 1.88. The number of likely N-dealkylation sites (tertiary alicyclic amines) is 1. The summed E-state index contributed by atoms with van der Waals surface area (Å²) in [5.74, 6) is 0. The lowest BCUT2D eigenvalue weighted by molar-refractivity contribution is 0.0983. The zero-order valence-corrected chi connectivity index (χ0v) is 11.8. The lowest BCUT2D eigenvalue weighted by atomic mass is 10.0. The van der Waals surface area contributed by atoms with Gasteiger partial charge in [0.25, 0.3) is 0 Å². The molecule has 0 aliphatic carbocycles. The molecule has 1 saturated heterocycles. The molecule has 0 radical (unpaired) electrons. The molecule has 0 spiro atoms. The van der Waals surface area contributed by atoms with Crippen LogP contribution in [0.2, 0.25) is 0 Å². The van der Waals surface area contributed by atoms with Gasteiger partial charge >= 0.3 is 6.09 Å². The number of ether oxygens (including phenoxy) is 1. The van der Waals surface area contributed by atoms with Gasteiger partial charge < -0.3 is 20.1 Å². The third kappa shape index (κ3) is 3.63. The summed E-state index contributed by atoms with van der Waals surface area (Å²) in [6.45, 7) is 3.68. The number of anilines is 1. The zero-order valence-electron chi connectivity index (χ0n) is 11.8. The Labute approximate surface area is 119 Å². The van der Waals surface area contributed by atoms with Gasteiger partial charge in [-0.2, -0.15) is 0 Å². The number of para-hydroxylation sites is 1. The van der Waals surface area contributed by atoms with Crippen molar-refractivity contribution in [1.82, 2.24) is 4.90 Å². The number of hydrogen-bond donors (Lipinski definition) is 2. The Morgan fingerprint density at radius 1 is 1.40 bits per heavy atom. The van der Waals surface area contributed by atoms with E-state index < -0.39 is 0 Å². The van der Waals surface area contributed by atoms with Gasteiger partial charge in [0.15, 0.2) is 0 Å². The molecule has 5 nitrogen and oxygen atoms in total. The minimum atomic E-state index is -0.221. The summed E-state index contributed by atoms with van der Waals surface area (Å²) in [4.78, 5) is 13.4. The van der Waals surface area contributed by atoms with Crippen LogP contribution in [0.15, 0.2) is 24.3 Å². The monoisotopic (exact) mass is 278 g/mol. The highest BCUT2D eigenvalue weighted by molar-refractivity contribution is 5.67.